The van der Waals surface area contributed by atoms with Crippen molar-refractivity contribution in [2.75, 3.05) is 26.4 Å². The summed E-state index contributed by atoms with van der Waals surface area (Å²) in [7, 11) is 0. The second-order valence-electron chi connectivity index (χ2n) is 8.89. The molecule has 3 aliphatic rings. The molecule has 1 saturated heterocycles. The molecule has 3 unspecified atom stereocenters. The summed E-state index contributed by atoms with van der Waals surface area (Å²) < 4.78 is 10.8. The molecule has 0 spiro atoms. The second kappa shape index (κ2) is 8.86. The largest absolute Gasteiger partial charge is 0.481 e. The summed E-state index contributed by atoms with van der Waals surface area (Å²) in [6.07, 6.45) is -1.33. The summed E-state index contributed by atoms with van der Waals surface area (Å²) in [5, 5.41) is 14.4. The first-order valence-electron chi connectivity index (χ1n) is 11.2. The number of aliphatic carboxylic acids is 1. The van der Waals surface area contributed by atoms with E-state index >= 15 is 0 Å². The Hall–Kier alpha value is -3.39. The Balaban J connectivity index is 1.19. The Morgan fingerprint density at radius 2 is 1.61 bits per heavy atom. The van der Waals surface area contributed by atoms with Crippen LogP contribution in [0.1, 0.15) is 23.5 Å². The average molecular weight is 450 g/mol. The summed E-state index contributed by atoms with van der Waals surface area (Å²) in [4.78, 5) is 36.3. The Morgan fingerprint density at radius 1 is 1.00 bits per heavy atom. The molecule has 172 valence electrons. The molecule has 3 N–H and O–H groups in total. The van der Waals surface area contributed by atoms with Gasteiger partial charge in [0, 0.05) is 12.5 Å². The van der Waals surface area contributed by atoms with E-state index in [1.54, 1.807) is 0 Å². The molecule has 0 bridgehead atoms. The van der Waals surface area contributed by atoms with Crippen molar-refractivity contribution >= 4 is 18.0 Å². The average Bonchev–Trinajstić information content (AvgIpc) is 3.12. The van der Waals surface area contributed by atoms with Crippen LogP contribution >= 0.6 is 0 Å². The number of carboxylic acid groups (broad SMARTS) is 1. The first-order chi connectivity index (χ1) is 16.0. The van der Waals surface area contributed by atoms with Gasteiger partial charge in [0.05, 0.1) is 19.6 Å². The Kier molecular flexibility index (Phi) is 5.76. The quantitative estimate of drug-likeness (QED) is 0.569. The zero-order valence-corrected chi connectivity index (χ0v) is 18.0. The smallest absolute Gasteiger partial charge is 0.407 e. The predicted octanol–water partition coefficient (Wildman–Crippen LogP) is 2.38. The molecule has 1 aliphatic heterocycles. The van der Waals surface area contributed by atoms with E-state index in [2.05, 4.69) is 10.6 Å². The number of alkyl carbamates (subject to hydrolysis) is 1. The molecule has 5 rings (SSSR count). The summed E-state index contributed by atoms with van der Waals surface area (Å²) in [6, 6.07) is 14.8. The molecular weight excluding hydrogens is 424 g/mol. The number of carbonyl (C=O) groups is 3. The minimum absolute atomic E-state index is 0.0900. The van der Waals surface area contributed by atoms with Gasteiger partial charge in [-0.3, -0.25) is 9.59 Å². The lowest BCUT2D eigenvalue weighted by atomic mass is 9.98. The van der Waals surface area contributed by atoms with Gasteiger partial charge in [-0.1, -0.05) is 48.5 Å². The van der Waals surface area contributed by atoms with Crippen molar-refractivity contribution in [3.63, 3.8) is 0 Å². The van der Waals surface area contributed by atoms with E-state index < -0.39 is 30.4 Å². The molecule has 1 heterocycles. The number of fused-ring (bicyclic) bond motifs is 4. The molecule has 1 saturated carbocycles. The third kappa shape index (κ3) is 4.30. The van der Waals surface area contributed by atoms with Crippen LogP contribution in [0.3, 0.4) is 0 Å². The number of carbonyl (C=O) groups excluding carboxylic acids is 2. The van der Waals surface area contributed by atoms with E-state index in [1.165, 1.54) is 0 Å². The van der Waals surface area contributed by atoms with Gasteiger partial charge in [-0.15, -0.1) is 0 Å². The molecule has 2 amide bonds. The van der Waals surface area contributed by atoms with E-state index in [9.17, 15) is 19.5 Å². The van der Waals surface area contributed by atoms with Crippen LogP contribution in [0.2, 0.25) is 0 Å². The third-order valence-electron chi connectivity index (χ3n) is 6.97. The van der Waals surface area contributed by atoms with E-state index in [-0.39, 0.29) is 12.5 Å². The van der Waals surface area contributed by atoms with Gasteiger partial charge in [-0.05, 0) is 40.0 Å². The van der Waals surface area contributed by atoms with Crippen molar-refractivity contribution in [3.05, 3.63) is 59.7 Å². The van der Waals surface area contributed by atoms with Gasteiger partial charge in [0.1, 0.15) is 12.6 Å². The van der Waals surface area contributed by atoms with Crippen LogP contribution in [0.4, 0.5) is 4.79 Å². The molecule has 0 aromatic heterocycles. The van der Waals surface area contributed by atoms with Gasteiger partial charge >= 0.3 is 12.1 Å². The Labute approximate surface area is 191 Å². The van der Waals surface area contributed by atoms with E-state index in [0.717, 1.165) is 22.3 Å². The molecule has 0 radical (unpaired) electrons. The molecule has 2 aromatic carbocycles. The molecule has 2 aliphatic carbocycles. The van der Waals surface area contributed by atoms with E-state index in [1.807, 2.05) is 48.5 Å². The SMILES string of the molecule is O=C(O)CC(NC(=O)OCC1c2ccccc2-c2ccccc21)C(=O)NCC1C2COCC12. The number of ether oxygens (including phenoxy) is 2. The van der Waals surface area contributed by atoms with E-state index in [4.69, 9.17) is 9.47 Å². The van der Waals surface area contributed by atoms with Crippen LogP contribution in [0.15, 0.2) is 48.5 Å². The zero-order valence-electron chi connectivity index (χ0n) is 18.0. The molecule has 33 heavy (non-hydrogen) atoms. The van der Waals surface area contributed by atoms with Crippen molar-refractivity contribution in [2.45, 2.75) is 18.4 Å². The van der Waals surface area contributed by atoms with Gasteiger partial charge in [0.25, 0.3) is 0 Å². The fraction of sp³-hybridized carbons (Fsp3) is 0.400. The standard InChI is InChI=1S/C25H26N2O6/c28-23(29)9-22(24(30)26-10-18-19-11-32-12-20(18)19)27-25(31)33-13-21-16-7-3-1-5-14(16)15-6-2-4-8-17(15)21/h1-8,18-22H,9-13H2,(H,26,30)(H,27,31)(H,28,29). The molecule has 2 fully saturated rings. The number of rotatable bonds is 8. The molecule has 2 aromatic rings. The molecule has 3 atom stereocenters. The van der Waals surface area contributed by atoms with Crippen molar-refractivity contribution < 1.29 is 29.0 Å². The monoisotopic (exact) mass is 450 g/mol. The van der Waals surface area contributed by atoms with Crippen LogP contribution < -0.4 is 10.6 Å². The normalized spacial score (nSPS) is 23.1. The highest BCUT2D eigenvalue weighted by Crippen LogP contribution is 2.50. The first-order valence-corrected chi connectivity index (χ1v) is 11.2. The lowest BCUT2D eigenvalue weighted by Crippen LogP contribution is -2.48. The zero-order chi connectivity index (χ0) is 22.9. The highest BCUT2D eigenvalue weighted by atomic mass is 16.5. The number of hydrogen-bond acceptors (Lipinski definition) is 5. The van der Waals surface area contributed by atoms with Crippen LogP contribution in [-0.2, 0) is 19.1 Å². The fourth-order valence-electron chi connectivity index (χ4n) is 5.17. The highest BCUT2D eigenvalue weighted by molar-refractivity contribution is 5.89. The molecule has 8 nitrogen and oxygen atoms in total. The van der Waals surface area contributed by atoms with Crippen molar-refractivity contribution in [3.8, 4) is 11.1 Å². The lowest BCUT2D eigenvalue weighted by Gasteiger charge is -2.19. The number of nitrogens with one attached hydrogen (secondary N) is 2. The van der Waals surface area contributed by atoms with Crippen molar-refractivity contribution in [1.29, 1.82) is 0 Å². The van der Waals surface area contributed by atoms with Crippen LogP contribution in [-0.4, -0.2) is 55.5 Å². The number of carboxylic acids is 1. The van der Waals surface area contributed by atoms with Crippen LogP contribution in [0.25, 0.3) is 11.1 Å². The van der Waals surface area contributed by atoms with Crippen LogP contribution in [0.5, 0.6) is 0 Å². The molecular formula is C25H26N2O6. The summed E-state index contributed by atoms with van der Waals surface area (Å²) in [5.74, 6) is -0.506. The predicted molar refractivity (Wildman–Crippen MR) is 119 cm³/mol. The lowest BCUT2D eigenvalue weighted by molar-refractivity contribution is -0.139. The summed E-state index contributed by atoms with van der Waals surface area (Å²) in [6.45, 7) is 1.97. The summed E-state index contributed by atoms with van der Waals surface area (Å²) >= 11 is 0. The first kappa shape index (κ1) is 21.5. The number of hydrogen-bond donors (Lipinski definition) is 3. The minimum atomic E-state index is -1.20. The van der Waals surface area contributed by atoms with Gasteiger partial charge in [-0.2, -0.15) is 0 Å². The fourth-order valence-corrected chi connectivity index (χ4v) is 5.17. The summed E-state index contributed by atoms with van der Waals surface area (Å²) in [5.41, 5.74) is 4.37. The van der Waals surface area contributed by atoms with Crippen LogP contribution in [0, 0.1) is 17.8 Å². The topological polar surface area (TPSA) is 114 Å². The molecule has 8 heteroatoms. The van der Waals surface area contributed by atoms with E-state index in [0.29, 0.717) is 37.5 Å². The number of amides is 2. The van der Waals surface area contributed by atoms with Gasteiger partial charge in [0.15, 0.2) is 0 Å². The Morgan fingerprint density at radius 3 is 2.21 bits per heavy atom. The highest BCUT2D eigenvalue weighted by Gasteiger charge is 2.53. The van der Waals surface area contributed by atoms with Gasteiger partial charge in [-0.25, -0.2) is 4.79 Å². The Bertz CT molecular complexity index is 1030. The third-order valence-corrected chi connectivity index (χ3v) is 6.97. The van der Waals surface area contributed by atoms with Crippen molar-refractivity contribution in [2.24, 2.45) is 17.8 Å². The van der Waals surface area contributed by atoms with Gasteiger partial charge in [0.2, 0.25) is 5.91 Å². The minimum Gasteiger partial charge on any atom is -0.481 e. The number of benzene rings is 2. The van der Waals surface area contributed by atoms with Gasteiger partial charge < -0.3 is 25.2 Å². The maximum Gasteiger partial charge on any atom is 0.407 e. The van der Waals surface area contributed by atoms with Crippen molar-refractivity contribution in [1.82, 2.24) is 10.6 Å². The maximum absolute atomic E-state index is 12.6. The second-order valence-corrected chi connectivity index (χ2v) is 8.89. The maximum atomic E-state index is 12.6.